The molecular formula is C14H19N5O4S. The Bertz CT molecular complexity index is 899. The second-order valence-electron chi connectivity index (χ2n) is 5.57. The smallest absolute Gasteiger partial charge is 0.332 e. The summed E-state index contributed by atoms with van der Waals surface area (Å²) in [5.74, 6) is 0.355. The van der Waals surface area contributed by atoms with Gasteiger partial charge in [-0.2, -0.15) is 0 Å². The minimum absolute atomic E-state index is 0.0428. The van der Waals surface area contributed by atoms with Crippen LogP contribution in [0.5, 0.6) is 0 Å². The number of fused-ring (bicyclic) bond motifs is 1. The van der Waals surface area contributed by atoms with Gasteiger partial charge in [0.1, 0.15) is 6.04 Å². The van der Waals surface area contributed by atoms with Gasteiger partial charge in [0.2, 0.25) is 0 Å². The number of ether oxygens (including phenoxy) is 1. The number of nitrogens with one attached hydrogen (secondary N) is 1. The fourth-order valence-corrected chi connectivity index (χ4v) is 3.91. The van der Waals surface area contributed by atoms with Crippen LogP contribution >= 0.6 is 11.8 Å². The van der Waals surface area contributed by atoms with Crippen molar-refractivity contribution in [2.45, 2.75) is 24.9 Å². The van der Waals surface area contributed by atoms with Crippen LogP contribution in [0.4, 0.5) is 0 Å². The third kappa shape index (κ3) is 2.75. The summed E-state index contributed by atoms with van der Waals surface area (Å²) in [6.45, 7) is 2.59. The van der Waals surface area contributed by atoms with E-state index in [1.807, 2.05) is 0 Å². The molecule has 0 aliphatic carbocycles. The molecule has 1 N–H and O–H groups in total. The monoisotopic (exact) mass is 353 g/mol. The van der Waals surface area contributed by atoms with Gasteiger partial charge in [-0.15, -0.1) is 11.8 Å². The SMILES string of the molecule is CCOC(=O)C1CSC(Cn2cnc3c2c(=O)n(C)c(=O)n3C)N1. The van der Waals surface area contributed by atoms with Crippen LogP contribution in [0.1, 0.15) is 6.92 Å². The van der Waals surface area contributed by atoms with Crippen molar-refractivity contribution in [1.29, 1.82) is 0 Å². The van der Waals surface area contributed by atoms with Crippen molar-refractivity contribution in [2.24, 2.45) is 14.1 Å². The van der Waals surface area contributed by atoms with E-state index in [4.69, 9.17) is 4.74 Å². The molecule has 0 saturated carbocycles. The first-order valence-electron chi connectivity index (χ1n) is 7.59. The Morgan fingerprint density at radius 1 is 1.42 bits per heavy atom. The van der Waals surface area contributed by atoms with Crippen LogP contribution in [0.15, 0.2) is 15.9 Å². The van der Waals surface area contributed by atoms with Crippen molar-refractivity contribution < 1.29 is 9.53 Å². The van der Waals surface area contributed by atoms with Gasteiger partial charge in [-0.25, -0.2) is 9.78 Å². The summed E-state index contributed by atoms with van der Waals surface area (Å²) in [4.78, 5) is 40.3. The van der Waals surface area contributed by atoms with Crippen molar-refractivity contribution >= 4 is 28.9 Å². The summed E-state index contributed by atoms with van der Waals surface area (Å²) < 4.78 is 9.15. The van der Waals surface area contributed by atoms with Crippen molar-refractivity contribution in [2.75, 3.05) is 12.4 Å². The Balaban J connectivity index is 1.86. The average Bonchev–Trinajstić information content (AvgIpc) is 3.19. The number of carbonyl (C=O) groups is 1. The van der Waals surface area contributed by atoms with E-state index in [-0.39, 0.29) is 22.9 Å². The van der Waals surface area contributed by atoms with Gasteiger partial charge in [0.25, 0.3) is 5.56 Å². The summed E-state index contributed by atoms with van der Waals surface area (Å²) in [6, 6.07) is -0.345. The predicted molar refractivity (Wildman–Crippen MR) is 90.0 cm³/mol. The number of imidazole rings is 1. The number of aromatic nitrogens is 4. The second-order valence-corrected chi connectivity index (χ2v) is 6.80. The minimum Gasteiger partial charge on any atom is -0.465 e. The van der Waals surface area contributed by atoms with E-state index in [9.17, 15) is 14.4 Å². The normalized spacial score (nSPS) is 20.6. The minimum atomic E-state index is -0.409. The molecular weight excluding hydrogens is 334 g/mol. The fourth-order valence-electron chi connectivity index (χ4n) is 2.73. The Hall–Kier alpha value is -2.07. The van der Waals surface area contributed by atoms with Crippen LogP contribution in [0.3, 0.4) is 0 Å². The summed E-state index contributed by atoms with van der Waals surface area (Å²) in [6.07, 6.45) is 1.55. The molecule has 2 aromatic heterocycles. The predicted octanol–water partition coefficient (Wildman–Crippen LogP) is -0.972. The molecule has 0 amide bonds. The third-order valence-electron chi connectivity index (χ3n) is 4.00. The summed E-state index contributed by atoms with van der Waals surface area (Å²) >= 11 is 1.59. The van der Waals surface area contributed by atoms with Crippen LogP contribution in [0, 0.1) is 0 Å². The molecule has 1 fully saturated rings. The molecule has 0 bridgehead atoms. The Morgan fingerprint density at radius 2 is 2.17 bits per heavy atom. The lowest BCUT2D eigenvalue weighted by Crippen LogP contribution is -2.40. The zero-order valence-electron chi connectivity index (χ0n) is 13.7. The fraction of sp³-hybridized carbons (Fsp3) is 0.571. The highest BCUT2D eigenvalue weighted by Crippen LogP contribution is 2.22. The van der Waals surface area contributed by atoms with Gasteiger partial charge < -0.3 is 9.30 Å². The molecule has 3 heterocycles. The van der Waals surface area contributed by atoms with Crippen LogP contribution < -0.4 is 16.6 Å². The number of hydrogen-bond donors (Lipinski definition) is 1. The maximum atomic E-state index is 12.4. The number of esters is 1. The lowest BCUT2D eigenvalue weighted by atomic mass is 10.3. The van der Waals surface area contributed by atoms with Crippen LogP contribution in [-0.2, 0) is 30.2 Å². The lowest BCUT2D eigenvalue weighted by molar-refractivity contribution is -0.144. The van der Waals surface area contributed by atoms with Crippen LogP contribution in [-0.4, -0.2) is 48.4 Å². The number of hydrogen-bond acceptors (Lipinski definition) is 7. The van der Waals surface area contributed by atoms with Gasteiger partial charge in [0.05, 0.1) is 18.3 Å². The molecule has 1 aliphatic rings. The van der Waals surface area contributed by atoms with Crippen molar-refractivity contribution in [1.82, 2.24) is 24.0 Å². The van der Waals surface area contributed by atoms with E-state index in [1.165, 1.54) is 11.6 Å². The van der Waals surface area contributed by atoms with Crippen molar-refractivity contribution in [3.63, 3.8) is 0 Å². The Kier molecular flexibility index (Phi) is 4.50. The molecule has 0 radical (unpaired) electrons. The number of carbonyl (C=O) groups excluding carboxylic acids is 1. The van der Waals surface area contributed by atoms with Crippen molar-refractivity contribution in [3.05, 3.63) is 27.2 Å². The molecule has 0 spiro atoms. The molecule has 0 aromatic carbocycles. The highest BCUT2D eigenvalue weighted by atomic mass is 32.2. The first-order chi connectivity index (χ1) is 11.4. The van der Waals surface area contributed by atoms with Gasteiger partial charge in [-0.3, -0.25) is 24.0 Å². The van der Waals surface area contributed by atoms with E-state index >= 15 is 0 Å². The highest BCUT2D eigenvalue weighted by Gasteiger charge is 2.31. The van der Waals surface area contributed by atoms with Gasteiger partial charge in [-0.05, 0) is 6.92 Å². The molecule has 3 rings (SSSR count). The number of thioether (sulfide) groups is 1. The molecule has 1 aliphatic heterocycles. The van der Waals surface area contributed by atoms with E-state index in [0.717, 1.165) is 4.57 Å². The standard InChI is InChI=1S/C14H19N5O4S/c1-4-23-13(21)8-6-24-9(16-8)5-19-7-15-11-10(19)12(20)18(3)14(22)17(11)2/h7-9,16H,4-6H2,1-3H3. The average molecular weight is 353 g/mol. The first-order valence-corrected chi connectivity index (χ1v) is 8.64. The molecule has 2 atom stereocenters. The maximum Gasteiger partial charge on any atom is 0.332 e. The van der Waals surface area contributed by atoms with Crippen molar-refractivity contribution in [3.8, 4) is 0 Å². The Morgan fingerprint density at radius 3 is 2.88 bits per heavy atom. The molecule has 9 nitrogen and oxygen atoms in total. The zero-order valence-corrected chi connectivity index (χ0v) is 14.5. The molecule has 2 unspecified atom stereocenters. The van der Waals surface area contributed by atoms with E-state index in [1.54, 1.807) is 36.6 Å². The number of aryl methyl sites for hydroxylation is 1. The van der Waals surface area contributed by atoms with Gasteiger partial charge in [-0.1, -0.05) is 0 Å². The van der Waals surface area contributed by atoms with Crippen LogP contribution in [0.25, 0.3) is 11.2 Å². The summed E-state index contributed by atoms with van der Waals surface area (Å²) in [5.41, 5.74) is -0.0568. The van der Waals surface area contributed by atoms with Crippen LogP contribution in [0.2, 0.25) is 0 Å². The molecule has 130 valence electrons. The second kappa shape index (κ2) is 6.44. The zero-order chi connectivity index (χ0) is 17.4. The van der Waals surface area contributed by atoms with Gasteiger partial charge in [0, 0.05) is 26.4 Å². The van der Waals surface area contributed by atoms with E-state index in [0.29, 0.717) is 30.1 Å². The van der Waals surface area contributed by atoms with E-state index in [2.05, 4.69) is 10.3 Å². The molecule has 10 heteroatoms. The molecule has 2 aromatic rings. The van der Waals surface area contributed by atoms with Gasteiger partial charge in [0.15, 0.2) is 11.2 Å². The van der Waals surface area contributed by atoms with Gasteiger partial charge >= 0.3 is 11.7 Å². The maximum absolute atomic E-state index is 12.4. The number of nitrogens with zero attached hydrogens (tertiary/aromatic N) is 4. The third-order valence-corrected chi connectivity index (χ3v) is 5.22. The Labute approximate surface area is 141 Å². The lowest BCUT2D eigenvalue weighted by Gasteiger charge is -2.13. The molecule has 1 saturated heterocycles. The van der Waals surface area contributed by atoms with E-state index < -0.39 is 5.69 Å². The summed E-state index contributed by atoms with van der Waals surface area (Å²) in [5, 5.41) is 3.16. The highest BCUT2D eigenvalue weighted by molar-refractivity contribution is 8.00. The first kappa shape index (κ1) is 16.8. The summed E-state index contributed by atoms with van der Waals surface area (Å²) in [7, 11) is 3.03. The topological polar surface area (TPSA) is 100 Å². The quantitative estimate of drug-likeness (QED) is 0.706. The molecule has 24 heavy (non-hydrogen) atoms. The largest absolute Gasteiger partial charge is 0.465 e. The number of rotatable bonds is 4.